The molecule has 3 N–H and O–H groups in total. The number of hydrogen-bond donors (Lipinski definition) is 3. The van der Waals surface area contributed by atoms with Gasteiger partial charge in [-0.25, -0.2) is 0 Å². The molecule has 1 aliphatic heterocycles. The van der Waals surface area contributed by atoms with Crippen molar-refractivity contribution in [2.45, 2.75) is 89.5 Å². The number of ketones is 1. The second kappa shape index (κ2) is 16.3. The highest BCUT2D eigenvalue weighted by Crippen LogP contribution is 2.21. The van der Waals surface area contributed by atoms with Gasteiger partial charge in [-0.2, -0.15) is 0 Å². The van der Waals surface area contributed by atoms with E-state index in [4.69, 9.17) is 4.74 Å². The number of amides is 3. The van der Waals surface area contributed by atoms with Gasteiger partial charge in [0.1, 0.15) is 17.8 Å². The van der Waals surface area contributed by atoms with Crippen molar-refractivity contribution in [3.8, 4) is 5.75 Å². The summed E-state index contributed by atoms with van der Waals surface area (Å²) in [7, 11) is 0.809. The predicted molar refractivity (Wildman–Crippen MR) is 148 cm³/mol. The normalized spacial score (nSPS) is 18.4. The lowest BCUT2D eigenvalue weighted by atomic mass is 9.99. The quantitative estimate of drug-likeness (QED) is 0.214. The van der Waals surface area contributed by atoms with Gasteiger partial charge in [-0.15, -0.1) is 0 Å². The molecule has 0 aliphatic carbocycles. The Morgan fingerprint density at radius 1 is 1.05 bits per heavy atom. The van der Waals surface area contributed by atoms with Gasteiger partial charge in [-0.1, -0.05) is 32.4 Å². The molecule has 10 heteroatoms. The van der Waals surface area contributed by atoms with E-state index in [2.05, 4.69) is 16.0 Å². The average molecular weight is 550 g/mol. The van der Waals surface area contributed by atoms with Crippen LogP contribution in [-0.4, -0.2) is 64.5 Å². The van der Waals surface area contributed by atoms with Crippen molar-refractivity contribution < 1.29 is 28.1 Å². The highest BCUT2D eigenvalue weighted by atomic mass is 32.2. The van der Waals surface area contributed by atoms with E-state index in [0.29, 0.717) is 18.6 Å². The standard InChI is InChI=1S/C28H43N3O6S/c1-5-29-28(35)26(33)23(18-20-12-14-21(37-4)15-13-20)31-27(34)24(17-19(2)3)30-25(32)11-7-6-9-22-10-8-16-38(22)36/h12-15,19,22-24H,5-11,16-18H2,1-4H3,(H,29,35)(H,30,32)(H,31,34)/t22?,23-,24-,38?/m0/s1. The first-order chi connectivity index (χ1) is 18.1. The molecule has 1 aliphatic rings. The van der Waals surface area contributed by atoms with Crippen molar-refractivity contribution in [3.63, 3.8) is 0 Å². The van der Waals surface area contributed by atoms with E-state index in [-0.39, 0.29) is 36.5 Å². The molecule has 212 valence electrons. The Labute approximate surface area is 228 Å². The third kappa shape index (κ3) is 10.6. The molecule has 9 nitrogen and oxygen atoms in total. The zero-order valence-electron chi connectivity index (χ0n) is 23.0. The van der Waals surface area contributed by atoms with Crippen LogP contribution in [0.15, 0.2) is 24.3 Å². The lowest BCUT2D eigenvalue weighted by molar-refractivity contribution is -0.140. The van der Waals surface area contributed by atoms with E-state index in [9.17, 15) is 23.4 Å². The van der Waals surface area contributed by atoms with Crippen LogP contribution in [0.2, 0.25) is 0 Å². The summed E-state index contributed by atoms with van der Waals surface area (Å²) < 4.78 is 17.1. The van der Waals surface area contributed by atoms with E-state index < -0.39 is 40.5 Å². The highest BCUT2D eigenvalue weighted by molar-refractivity contribution is 7.85. The summed E-state index contributed by atoms with van der Waals surface area (Å²) >= 11 is 0. The molecule has 1 aromatic carbocycles. The highest BCUT2D eigenvalue weighted by Gasteiger charge is 2.30. The Balaban J connectivity index is 2.02. The predicted octanol–water partition coefficient (Wildman–Crippen LogP) is 2.43. The van der Waals surface area contributed by atoms with Crippen LogP contribution in [0, 0.1) is 5.92 Å². The minimum atomic E-state index is -1.08. The number of ether oxygens (including phenoxy) is 1. The molecule has 1 fully saturated rings. The Morgan fingerprint density at radius 3 is 2.34 bits per heavy atom. The minimum Gasteiger partial charge on any atom is -0.497 e. The number of carbonyl (C=O) groups is 4. The fourth-order valence-electron chi connectivity index (χ4n) is 4.54. The summed E-state index contributed by atoms with van der Waals surface area (Å²) in [6.07, 6.45) is 5.11. The van der Waals surface area contributed by atoms with E-state index in [1.165, 1.54) is 0 Å². The zero-order valence-corrected chi connectivity index (χ0v) is 23.9. The molecule has 2 rings (SSSR count). The summed E-state index contributed by atoms with van der Waals surface area (Å²) in [5.41, 5.74) is 0.751. The topological polar surface area (TPSA) is 131 Å². The first-order valence-electron chi connectivity index (χ1n) is 13.6. The van der Waals surface area contributed by atoms with Gasteiger partial charge < -0.3 is 20.7 Å². The van der Waals surface area contributed by atoms with Crippen molar-refractivity contribution in [1.29, 1.82) is 0 Å². The third-order valence-electron chi connectivity index (χ3n) is 6.58. The Bertz CT molecular complexity index is 966. The van der Waals surface area contributed by atoms with Crippen LogP contribution in [0.25, 0.3) is 0 Å². The van der Waals surface area contributed by atoms with Gasteiger partial charge in [0.05, 0.1) is 7.11 Å². The van der Waals surface area contributed by atoms with Crippen molar-refractivity contribution in [3.05, 3.63) is 29.8 Å². The first kappa shape index (κ1) is 31.5. The van der Waals surface area contributed by atoms with Gasteiger partial charge in [-0.05, 0) is 62.6 Å². The van der Waals surface area contributed by atoms with Gasteiger partial charge >= 0.3 is 0 Å². The van der Waals surface area contributed by atoms with Crippen molar-refractivity contribution in [1.82, 2.24) is 16.0 Å². The minimum absolute atomic E-state index is 0.113. The van der Waals surface area contributed by atoms with Crippen molar-refractivity contribution >= 4 is 34.3 Å². The molecule has 0 spiro atoms. The van der Waals surface area contributed by atoms with Gasteiger partial charge in [0.25, 0.3) is 5.91 Å². The fourth-order valence-corrected chi connectivity index (χ4v) is 6.18. The van der Waals surface area contributed by atoms with E-state index in [1.54, 1.807) is 38.3 Å². The van der Waals surface area contributed by atoms with Crippen LogP contribution in [0.5, 0.6) is 5.75 Å². The molecule has 0 saturated carbocycles. The van der Waals surface area contributed by atoms with Gasteiger partial charge in [0, 0.05) is 41.2 Å². The third-order valence-corrected chi connectivity index (χ3v) is 8.48. The molecule has 2 unspecified atom stereocenters. The van der Waals surface area contributed by atoms with Crippen LogP contribution in [0.1, 0.15) is 71.3 Å². The summed E-state index contributed by atoms with van der Waals surface area (Å²) in [6.45, 7) is 5.89. The van der Waals surface area contributed by atoms with E-state index >= 15 is 0 Å². The zero-order chi connectivity index (χ0) is 28.1. The SMILES string of the molecule is CCNC(=O)C(=O)[C@H](Cc1ccc(OC)cc1)NC(=O)[C@H](CC(C)C)NC(=O)CCCCC1CCCS1=O. The molecular weight excluding hydrogens is 506 g/mol. The number of hydrogen-bond acceptors (Lipinski definition) is 6. The van der Waals surface area contributed by atoms with Crippen molar-refractivity contribution in [2.75, 3.05) is 19.4 Å². The molecule has 1 aromatic rings. The molecule has 1 saturated heterocycles. The molecule has 4 atom stereocenters. The second-order valence-corrected chi connectivity index (χ2v) is 12.0. The fraction of sp³-hybridized carbons (Fsp3) is 0.643. The molecular formula is C28H43N3O6S. The number of Topliss-reactive ketones (excluding diaryl/α,β-unsaturated/α-hetero) is 1. The van der Waals surface area contributed by atoms with Gasteiger partial charge in [-0.3, -0.25) is 23.4 Å². The monoisotopic (exact) mass is 549 g/mol. The smallest absolute Gasteiger partial charge is 0.289 e. The molecule has 0 bridgehead atoms. The molecule has 3 amide bonds. The Kier molecular flexibility index (Phi) is 13.5. The Morgan fingerprint density at radius 2 is 1.76 bits per heavy atom. The van der Waals surface area contributed by atoms with Gasteiger partial charge in [0.15, 0.2) is 0 Å². The Hall–Kier alpha value is -2.75. The maximum absolute atomic E-state index is 13.3. The number of unbranched alkanes of at least 4 members (excludes halogenated alkanes) is 1. The summed E-state index contributed by atoms with van der Waals surface area (Å²) in [5.74, 6) is -0.694. The van der Waals surface area contributed by atoms with Crippen LogP contribution >= 0.6 is 0 Å². The summed E-state index contributed by atoms with van der Waals surface area (Å²) in [6, 6.07) is 5.13. The summed E-state index contributed by atoms with van der Waals surface area (Å²) in [5, 5.41) is 8.29. The lowest BCUT2D eigenvalue weighted by Gasteiger charge is -2.24. The number of methoxy groups -OCH3 is 1. The molecule has 38 heavy (non-hydrogen) atoms. The molecule has 1 heterocycles. The summed E-state index contributed by atoms with van der Waals surface area (Å²) in [4.78, 5) is 51.2. The molecule has 0 radical (unpaired) electrons. The van der Waals surface area contributed by atoms with Crippen molar-refractivity contribution in [2.24, 2.45) is 5.92 Å². The van der Waals surface area contributed by atoms with Crippen LogP contribution < -0.4 is 20.7 Å². The first-order valence-corrected chi connectivity index (χ1v) is 14.9. The largest absolute Gasteiger partial charge is 0.497 e. The van der Waals surface area contributed by atoms with Crippen LogP contribution in [0.4, 0.5) is 0 Å². The number of likely N-dealkylation sites (N-methyl/N-ethyl adjacent to an activating group) is 1. The average Bonchev–Trinajstić information content (AvgIpc) is 3.30. The van der Waals surface area contributed by atoms with E-state index in [1.807, 2.05) is 13.8 Å². The number of rotatable bonds is 16. The van der Waals surface area contributed by atoms with Crippen LogP contribution in [0.3, 0.4) is 0 Å². The lowest BCUT2D eigenvalue weighted by Crippen LogP contribution is -2.54. The second-order valence-electron chi connectivity index (χ2n) is 10.2. The number of carbonyl (C=O) groups excluding carboxylic acids is 4. The van der Waals surface area contributed by atoms with Crippen LogP contribution in [-0.2, 0) is 36.4 Å². The number of nitrogens with one attached hydrogen (secondary N) is 3. The van der Waals surface area contributed by atoms with Gasteiger partial charge in [0.2, 0.25) is 17.6 Å². The number of benzene rings is 1. The maximum atomic E-state index is 13.3. The maximum Gasteiger partial charge on any atom is 0.289 e. The van der Waals surface area contributed by atoms with E-state index in [0.717, 1.165) is 37.0 Å². The molecule has 0 aromatic heterocycles.